The smallest absolute Gasteiger partial charge is 0.0736 e. The van der Waals surface area contributed by atoms with Crippen molar-refractivity contribution in [2.24, 2.45) is 5.73 Å². The van der Waals surface area contributed by atoms with Gasteiger partial charge >= 0.3 is 0 Å². The molecular formula is C13H28N2O2. The van der Waals surface area contributed by atoms with Crippen LogP contribution in [0.4, 0.5) is 0 Å². The van der Waals surface area contributed by atoms with Crippen molar-refractivity contribution in [2.45, 2.75) is 50.9 Å². The molecule has 1 saturated heterocycles. The zero-order chi connectivity index (χ0) is 12.9. The van der Waals surface area contributed by atoms with Crippen LogP contribution in [0.2, 0.25) is 0 Å². The van der Waals surface area contributed by atoms with Gasteiger partial charge < -0.3 is 15.2 Å². The predicted molar refractivity (Wildman–Crippen MR) is 70.2 cm³/mol. The van der Waals surface area contributed by atoms with Crippen LogP contribution < -0.4 is 5.73 Å². The summed E-state index contributed by atoms with van der Waals surface area (Å²) in [5.41, 5.74) is 5.80. The average Bonchev–Trinajstić information content (AvgIpc) is 2.37. The third-order valence-corrected chi connectivity index (χ3v) is 4.27. The Morgan fingerprint density at radius 3 is 2.71 bits per heavy atom. The van der Waals surface area contributed by atoms with Crippen molar-refractivity contribution in [2.75, 3.05) is 33.9 Å². The molecule has 0 bridgehead atoms. The second-order valence-corrected chi connectivity index (χ2v) is 5.31. The van der Waals surface area contributed by atoms with E-state index >= 15 is 0 Å². The molecule has 0 aromatic heterocycles. The van der Waals surface area contributed by atoms with Gasteiger partial charge in [-0.1, -0.05) is 0 Å². The van der Waals surface area contributed by atoms with Crippen LogP contribution in [0.3, 0.4) is 0 Å². The van der Waals surface area contributed by atoms with Crippen molar-refractivity contribution in [1.82, 2.24) is 4.90 Å². The number of likely N-dealkylation sites (N-methyl/N-ethyl adjacent to an activating group) is 1. The summed E-state index contributed by atoms with van der Waals surface area (Å²) in [7, 11) is 3.85. The quantitative estimate of drug-likeness (QED) is 0.763. The van der Waals surface area contributed by atoms with Crippen LogP contribution in [0.15, 0.2) is 0 Å². The number of rotatable bonds is 6. The van der Waals surface area contributed by atoms with E-state index in [2.05, 4.69) is 25.8 Å². The molecule has 1 heterocycles. The highest BCUT2D eigenvalue weighted by molar-refractivity contribution is 4.92. The van der Waals surface area contributed by atoms with Crippen LogP contribution in [0, 0.1) is 0 Å². The van der Waals surface area contributed by atoms with Gasteiger partial charge in [-0.3, -0.25) is 4.90 Å². The first-order valence-corrected chi connectivity index (χ1v) is 6.60. The van der Waals surface area contributed by atoms with E-state index in [0.717, 1.165) is 19.6 Å². The molecule has 3 unspecified atom stereocenters. The summed E-state index contributed by atoms with van der Waals surface area (Å²) in [6, 6.07) is 0. The van der Waals surface area contributed by atoms with Crippen molar-refractivity contribution in [3.63, 3.8) is 0 Å². The molecule has 0 aromatic carbocycles. The number of nitrogens with two attached hydrogens (primary N) is 1. The molecule has 3 atom stereocenters. The molecule has 0 amide bonds. The van der Waals surface area contributed by atoms with E-state index in [9.17, 15) is 0 Å². The molecule has 17 heavy (non-hydrogen) atoms. The molecule has 1 fully saturated rings. The third kappa shape index (κ3) is 3.65. The van der Waals surface area contributed by atoms with Crippen LogP contribution in [0.1, 0.15) is 33.1 Å². The Hall–Kier alpha value is -0.160. The third-order valence-electron chi connectivity index (χ3n) is 4.27. The van der Waals surface area contributed by atoms with Crippen molar-refractivity contribution in [1.29, 1.82) is 0 Å². The first kappa shape index (κ1) is 14.9. The summed E-state index contributed by atoms with van der Waals surface area (Å²) in [4.78, 5) is 2.29. The van der Waals surface area contributed by atoms with E-state index < -0.39 is 0 Å². The topological polar surface area (TPSA) is 47.7 Å². The van der Waals surface area contributed by atoms with Crippen LogP contribution >= 0.6 is 0 Å². The highest BCUT2D eigenvalue weighted by Gasteiger charge is 2.35. The Labute approximate surface area is 105 Å². The lowest BCUT2D eigenvalue weighted by Gasteiger charge is -2.43. The summed E-state index contributed by atoms with van der Waals surface area (Å²) >= 11 is 0. The highest BCUT2D eigenvalue weighted by Crippen LogP contribution is 2.22. The maximum absolute atomic E-state index is 5.93. The lowest BCUT2D eigenvalue weighted by Crippen LogP contribution is -2.59. The normalized spacial score (nSPS) is 26.8. The number of hydrogen-bond acceptors (Lipinski definition) is 4. The van der Waals surface area contributed by atoms with Crippen LogP contribution in [0.25, 0.3) is 0 Å². The second-order valence-electron chi connectivity index (χ2n) is 5.31. The van der Waals surface area contributed by atoms with E-state index in [1.165, 1.54) is 12.8 Å². The first-order valence-electron chi connectivity index (χ1n) is 6.60. The van der Waals surface area contributed by atoms with Crippen LogP contribution in [-0.4, -0.2) is 56.5 Å². The van der Waals surface area contributed by atoms with Crippen molar-refractivity contribution in [3.8, 4) is 0 Å². The molecule has 102 valence electrons. The van der Waals surface area contributed by atoms with Crippen molar-refractivity contribution >= 4 is 0 Å². The first-order chi connectivity index (χ1) is 8.04. The Balaban J connectivity index is 2.55. The summed E-state index contributed by atoms with van der Waals surface area (Å²) in [5, 5.41) is 0. The van der Waals surface area contributed by atoms with Crippen LogP contribution in [0.5, 0.6) is 0 Å². The number of ether oxygens (including phenoxy) is 2. The van der Waals surface area contributed by atoms with Gasteiger partial charge in [0.05, 0.1) is 17.7 Å². The molecule has 1 rings (SSSR count). The van der Waals surface area contributed by atoms with Crippen molar-refractivity contribution < 1.29 is 9.47 Å². The molecule has 4 heteroatoms. The predicted octanol–water partition coefficient (Wildman–Crippen LogP) is 1.24. The SMILES string of the molecule is COC(C)C(C)(CN)N(C)CC1CCCCO1. The number of nitrogens with zero attached hydrogens (tertiary/aromatic N) is 1. The minimum atomic E-state index is -0.129. The minimum absolute atomic E-state index is 0.112. The minimum Gasteiger partial charge on any atom is -0.380 e. The zero-order valence-corrected chi connectivity index (χ0v) is 11.7. The van der Waals surface area contributed by atoms with Gasteiger partial charge in [0.15, 0.2) is 0 Å². The maximum atomic E-state index is 5.93. The van der Waals surface area contributed by atoms with E-state index in [-0.39, 0.29) is 11.6 Å². The fraction of sp³-hybridized carbons (Fsp3) is 1.00. The lowest BCUT2D eigenvalue weighted by molar-refractivity contribution is -0.0584. The molecule has 4 nitrogen and oxygen atoms in total. The Morgan fingerprint density at radius 2 is 2.24 bits per heavy atom. The van der Waals surface area contributed by atoms with Crippen LogP contribution in [-0.2, 0) is 9.47 Å². The fourth-order valence-electron chi connectivity index (χ4n) is 2.35. The monoisotopic (exact) mass is 244 g/mol. The largest absolute Gasteiger partial charge is 0.380 e. The fourth-order valence-corrected chi connectivity index (χ4v) is 2.35. The standard InChI is InChI=1S/C13H28N2O2/c1-11(16-4)13(2,10-14)15(3)9-12-7-5-6-8-17-12/h11-12H,5-10,14H2,1-4H3. The second kappa shape index (κ2) is 6.69. The van der Waals surface area contributed by atoms with E-state index in [0.29, 0.717) is 12.6 Å². The van der Waals surface area contributed by atoms with Gasteiger partial charge in [0, 0.05) is 26.8 Å². The lowest BCUT2D eigenvalue weighted by atomic mass is 9.93. The van der Waals surface area contributed by atoms with Gasteiger partial charge in [-0.2, -0.15) is 0 Å². The summed E-state index contributed by atoms with van der Waals surface area (Å²) in [6.07, 6.45) is 4.09. The van der Waals surface area contributed by atoms with Gasteiger partial charge in [-0.15, -0.1) is 0 Å². The summed E-state index contributed by atoms with van der Waals surface area (Å²) in [6.45, 7) is 6.65. The summed E-state index contributed by atoms with van der Waals surface area (Å²) in [5.74, 6) is 0. The van der Waals surface area contributed by atoms with Gasteiger partial charge in [-0.25, -0.2) is 0 Å². The summed E-state index contributed by atoms with van der Waals surface area (Å²) < 4.78 is 11.2. The molecule has 0 saturated carbocycles. The van der Waals surface area contributed by atoms with E-state index in [4.69, 9.17) is 15.2 Å². The van der Waals surface area contributed by atoms with Gasteiger partial charge in [0.25, 0.3) is 0 Å². The van der Waals surface area contributed by atoms with E-state index in [1.807, 2.05) is 0 Å². The molecular weight excluding hydrogens is 216 g/mol. The molecule has 1 aliphatic heterocycles. The molecule has 1 aliphatic rings. The highest BCUT2D eigenvalue weighted by atomic mass is 16.5. The maximum Gasteiger partial charge on any atom is 0.0736 e. The average molecular weight is 244 g/mol. The molecule has 0 aromatic rings. The molecule has 2 N–H and O–H groups in total. The Morgan fingerprint density at radius 1 is 1.53 bits per heavy atom. The number of hydrogen-bond donors (Lipinski definition) is 1. The Kier molecular flexibility index (Phi) is 5.86. The van der Waals surface area contributed by atoms with E-state index in [1.54, 1.807) is 7.11 Å². The molecule has 0 aliphatic carbocycles. The van der Waals surface area contributed by atoms with Crippen molar-refractivity contribution in [3.05, 3.63) is 0 Å². The Bertz CT molecular complexity index is 219. The number of methoxy groups -OCH3 is 1. The zero-order valence-electron chi connectivity index (χ0n) is 11.7. The molecule has 0 radical (unpaired) electrons. The van der Waals surface area contributed by atoms with Gasteiger partial charge in [0.1, 0.15) is 0 Å². The van der Waals surface area contributed by atoms with Gasteiger partial charge in [-0.05, 0) is 40.2 Å². The van der Waals surface area contributed by atoms with Gasteiger partial charge in [0.2, 0.25) is 0 Å². The molecule has 0 spiro atoms.